The smallest absolute Gasteiger partial charge is 0.411 e. The lowest BCUT2D eigenvalue weighted by Crippen LogP contribution is -2.42. The van der Waals surface area contributed by atoms with Crippen molar-refractivity contribution in [1.82, 2.24) is 4.90 Å². The number of benzene rings is 1. The maximum absolute atomic E-state index is 13.2. The Hall–Kier alpha value is -1.44. The Kier molecular flexibility index (Phi) is 9.10. The molecule has 1 unspecified atom stereocenters. The van der Waals surface area contributed by atoms with Crippen LogP contribution in [-0.4, -0.2) is 58.9 Å². The molecule has 1 aromatic carbocycles. The van der Waals surface area contributed by atoms with Gasteiger partial charge in [-0.25, -0.2) is 4.79 Å². The van der Waals surface area contributed by atoms with Gasteiger partial charge in [0.1, 0.15) is 0 Å². The van der Waals surface area contributed by atoms with E-state index in [2.05, 4.69) is 0 Å². The monoisotopic (exact) mass is 375 g/mol. The highest BCUT2D eigenvalue weighted by Gasteiger charge is 2.43. The van der Waals surface area contributed by atoms with Crippen LogP contribution in [0.15, 0.2) is 30.3 Å². The van der Waals surface area contributed by atoms with Crippen molar-refractivity contribution in [3.8, 4) is 0 Å². The molecule has 0 bridgehead atoms. The van der Waals surface area contributed by atoms with Gasteiger partial charge < -0.3 is 23.3 Å². The number of rotatable bonds is 10. The van der Waals surface area contributed by atoms with Gasteiger partial charge in [0.2, 0.25) is 0 Å². The second-order valence-corrected chi connectivity index (χ2v) is 7.24. The molecule has 0 aliphatic rings. The zero-order chi connectivity index (χ0) is 18.9. The van der Waals surface area contributed by atoms with E-state index < -0.39 is 25.8 Å². The topological polar surface area (TPSA) is 83.5 Å². The van der Waals surface area contributed by atoms with Crippen molar-refractivity contribution in [1.29, 1.82) is 0 Å². The fourth-order valence-corrected chi connectivity index (χ4v) is 3.93. The van der Waals surface area contributed by atoms with Crippen molar-refractivity contribution >= 4 is 13.7 Å². The number of nitrogens with zero attached hydrogens (tertiary/aromatic N) is 1. The van der Waals surface area contributed by atoms with E-state index in [0.29, 0.717) is 5.56 Å². The minimum absolute atomic E-state index is 0.0257. The average Bonchev–Trinajstić information content (AvgIpc) is 2.65. The molecule has 0 saturated heterocycles. The summed E-state index contributed by atoms with van der Waals surface area (Å²) in [7, 11) is 1.72. The molecule has 0 aliphatic heterocycles. The SMILES string of the molecule is CCOC(=O)N(CC(OC)OC)C(c1ccccc1)P(=O)(OC)OC. The van der Waals surface area contributed by atoms with E-state index >= 15 is 0 Å². The molecule has 9 heteroatoms. The Morgan fingerprint density at radius 2 is 1.64 bits per heavy atom. The highest BCUT2D eigenvalue weighted by Crippen LogP contribution is 2.61. The molecule has 0 aromatic heterocycles. The molecule has 1 atom stereocenters. The lowest BCUT2D eigenvalue weighted by atomic mass is 10.2. The van der Waals surface area contributed by atoms with Crippen molar-refractivity contribution in [2.75, 3.05) is 41.6 Å². The zero-order valence-electron chi connectivity index (χ0n) is 15.2. The summed E-state index contributed by atoms with van der Waals surface area (Å²) in [5.74, 6) is -1.02. The van der Waals surface area contributed by atoms with Gasteiger partial charge in [-0.05, 0) is 12.5 Å². The molecule has 8 nitrogen and oxygen atoms in total. The van der Waals surface area contributed by atoms with Crippen LogP contribution in [0.3, 0.4) is 0 Å². The van der Waals surface area contributed by atoms with Crippen LogP contribution in [0, 0.1) is 0 Å². The van der Waals surface area contributed by atoms with Crippen LogP contribution in [-0.2, 0) is 27.8 Å². The van der Waals surface area contributed by atoms with E-state index in [9.17, 15) is 9.36 Å². The van der Waals surface area contributed by atoms with Crippen LogP contribution < -0.4 is 0 Å². The zero-order valence-corrected chi connectivity index (χ0v) is 16.1. The van der Waals surface area contributed by atoms with Crippen LogP contribution >= 0.6 is 7.60 Å². The van der Waals surface area contributed by atoms with Gasteiger partial charge >= 0.3 is 13.7 Å². The molecule has 1 rings (SSSR count). The summed E-state index contributed by atoms with van der Waals surface area (Å²) < 4.78 is 39.0. The number of methoxy groups -OCH3 is 2. The summed E-state index contributed by atoms with van der Waals surface area (Å²) in [5.41, 5.74) is 0.577. The largest absolute Gasteiger partial charge is 0.450 e. The van der Waals surface area contributed by atoms with Gasteiger partial charge in [0.05, 0.1) is 13.2 Å². The van der Waals surface area contributed by atoms with Gasteiger partial charge in [-0.15, -0.1) is 0 Å². The van der Waals surface area contributed by atoms with Gasteiger partial charge in [-0.1, -0.05) is 30.3 Å². The fourth-order valence-electron chi connectivity index (χ4n) is 2.32. The van der Waals surface area contributed by atoms with Crippen molar-refractivity contribution in [2.24, 2.45) is 0 Å². The molecule has 0 fully saturated rings. The first kappa shape index (κ1) is 21.6. The molecule has 0 saturated carbocycles. The second-order valence-electron chi connectivity index (χ2n) is 4.94. The fraction of sp³-hybridized carbons (Fsp3) is 0.562. The third kappa shape index (κ3) is 5.52. The van der Waals surface area contributed by atoms with Crippen molar-refractivity contribution in [2.45, 2.75) is 19.0 Å². The quantitative estimate of drug-likeness (QED) is 0.458. The lowest BCUT2D eigenvalue weighted by molar-refractivity contribution is -0.115. The minimum Gasteiger partial charge on any atom is -0.450 e. The van der Waals surface area contributed by atoms with Crippen molar-refractivity contribution in [3.63, 3.8) is 0 Å². The molecular weight excluding hydrogens is 349 g/mol. The normalized spacial score (nSPS) is 12.9. The molecule has 25 heavy (non-hydrogen) atoms. The summed E-state index contributed by atoms with van der Waals surface area (Å²) in [6.45, 7) is 1.82. The van der Waals surface area contributed by atoms with Crippen LogP contribution in [0.1, 0.15) is 18.3 Å². The molecule has 0 spiro atoms. The van der Waals surface area contributed by atoms with E-state index in [1.807, 2.05) is 6.07 Å². The van der Waals surface area contributed by atoms with Gasteiger partial charge in [-0.2, -0.15) is 0 Å². The van der Waals surface area contributed by atoms with E-state index in [0.717, 1.165) is 0 Å². The van der Waals surface area contributed by atoms with Crippen LogP contribution in [0.25, 0.3) is 0 Å². The summed E-state index contributed by atoms with van der Waals surface area (Å²) in [5, 5.41) is 0. The van der Waals surface area contributed by atoms with Crippen LogP contribution in [0.5, 0.6) is 0 Å². The number of ether oxygens (including phenoxy) is 3. The molecule has 0 radical (unpaired) electrons. The second kappa shape index (κ2) is 10.5. The van der Waals surface area contributed by atoms with Crippen molar-refractivity contribution in [3.05, 3.63) is 35.9 Å². The molecular formula is C16H26NO7P. The Morgan fingerprint density at radius 3 is 2.08 bits per heavy atom. The predicted molar refractivity (Wildman–Crippen MR) is 92.3 cm³/mol. The van der Waals surface area contributed by atoms with Gasteiger partial charge in [0.25, 0.3) is 0 Å². The number of carbonyl (C=O) groups excluding carboxylic acids is 1. The first-order chi connectivity index (χ1) is 12.0. The summed E-state index contributed by atoms with van der Waals surface area (Å²) in [4.78, 5) is 13.8. The Morgan fingerprint density at radius 1 is 1.08 bits per heavy atom. The summed E-state index contributed by atoms with van der Waals surface area (Å²) in [6.07, 6.45) is -1.41. The van der Waals surface area contributed by atoms with E-state index in [4.69, 9.17) is 23.3 Å². The molecule has 1 aromatic rings. The van der Waals surface area contributed by atoms with E-state index in [1.165, 1.54) is 33.3 Å². The number of hydrogen-bond donors (Lipinski definition) is 0. The first-order valence-corrected chi connectivity index (χ1v) is 9.33. The standard InChI is InChI=1S/C16H26NO7P/c1-6-24-16(18)17(12-14(20-2)21-3)15(25(19,22-4)23-5)13-10-8-7-9-11-13/h7-11,14-15H,6,12H2,1-5H3. The maximum atomic E-state index is 13.2. The Bertz CT molecular complexity index is 557. The van der Waals surface area contributed by atoms with Crippen LogP contribution in [0.2, 0.25) is 0 Å². The number of carbonyl (C=O) groups is 1. The minimum atomic E-state index is -3.71. The predicted octanol–water partition coefficient (Wildman–Crippen LogP) is 3.25. The van der Waals surface area contributed by atoms with E-state index in [1.54, 1.807) is 31.2 Å². The molecule has 0 aliphatic carbocycles. The first-order valence-electron chi connectivity index (χ1n) is 7.72. The van der Waals surface area contributed by atoms with Crippen molar-refractivity contribution < 1.29 is 32.6 Å². The highest BCUT2D eigenvalue weighted by molar-refractivity contribution is 7.54. The Balaban J connectivity index is 3.41. The van der Waals surface area contributed by atoms with E-state index in [-0.39, 0.29) is 13.2 Å². The van der Waals surface area contributed by atoms with Gasteiger partial charge in [0.15, 0.2) is 12.1 Å². The lowest BCUT2D eigenvalue weighted by Gasteiger charge is -2.35. The third-order valence-corrected chi connectivity index (χ3v) is 5.77. The van der Waals surface area contributed by atoms with Crippen LogP contribution in [0.4, 0.5) is 4.79 Å². The van der Waals surface area contributed by atoms with Gasteiger partial charge in [0, 0.05) is 28.4 Å². The Labute approximate surface area is 148 Å². The summed E-state index contributed by atoms with van der Waals surface area (Å²) >= 11 is 0. The highest BCUT2D eigenvalue weighted by atomic mass is 31.2. The van der Waals surface area contributed by atoms with Gasteiger partial charge in [-0.3, -0.25) is 9.46 Å². The molecule has 1 amide bonds. The molecule has 142 valence electrons. The third-order valence-electron chi connectivity index (χ3n) is 3.58. The molecule has 0 N–H and O–H groups in total. The molecule has 0 heterocycles. The number of hydrogen-bond acceptors (Lipinski definition) is 7. The number of amides is 1. The maximum Gasteiger partial charge on any atom is 0.411 e. The summed E-state index contributed by atoms with van der Waals surface area (Å²) in [6, 6.07) is 8.82. The average molecular weight is 375 g/mol.